The van der Waals surface area contributed by atoms with Gasteiger partial charge in [0, 0.05) is 5.56 Å². The van der Waals surface area contributed by atoms with Crippen molar-refractivity contribution < 1.29 is 0 Å². The number of rotatable bonds is 3. The Labute approximate surface area is 140 Å². The predicted octanol–water partition coefficient (Wildman–Crippen LogP) is 4.27. The van der Waals surface area contributed by atoms with Gasteiger partial charge in [-0.15, -0.1) is 0 Å². The summed E-state index contributed by atoms with van der Waals surface area (Å²) >= 11 is 0. The van der Waals surface area contributed by atoms with Crippen LogP contribution < -0.4 is 5.32 Å². The van der Waals surface area contributed by atoms with Crippen LogP contribution in [0.1, 0.15) is 22.9 Å². The molecule has 3 aromatic carbocycles. The van der Waals surface area contributed by atoms with Gasteiger partial charge >= 0.3 is 0 Å². The lowest BCUT2D eigenvalue weighted by atomic mass is 9.99. The number of nitrogens with one attached hydrogen (secondary N) is 1. The summed E-state index contributed by atoms with van der Waals surface area (Å²) in [5.74, 6) is 0.928. The lowest BCUT2D eigenvalue weighted by Gasteiger charge is -2.28. The zero-order chi connectivity index (χ0) is 16.4. The number of hydrogen-bond acceptors (Lipinski definition) is 3. The number of hydrogen-bond donors (Lipinski definition) is 1. The van der Waals surface area contributed by atoms with Gasteiger partial charge in [-0.2, -0.15) is 5.26 Å². The van der Waals surface area contributed by atoms with Crippen molar-refractivity contribution in [1.82, 2.24) is 5.32 Å². The summed E-state index contributed by atoms with van der Waals surface area (Å²) in [5.41, 5.74) is 5.03. The van der Waals surface area contributed by atoms with Crippen molar-refractivity contribution in [3.05, 3.63) is 95.6 Å². The quantitative estimate of drug-likeness (QED) is 0.785. The SMILES string of the molecule is N#Cc1cccc(-c2cccc(C3N=C(c4ccccc4)N3)c2)c1. The van der Waals surface area contributed by atoms with Gasteiger partial charge in [0.05, 0.1) is 11.6 Å². The molecule has 0 aliphatic carbocycles. The van der Waals surface area contributed by atoms with Crippen molar-refractivity contribution in [2.24, 2.45) is 4.99 Å². The molecule has 3 nitrogen and oxygen atoms in total. The highest BCUT2D eigenvalue weighted by atomic mass is 15.2. The Morgan fingerprint density at radius 2 is 1.46 bits per heavy atom. The second-order valence-corrected chi connectivity index (χ2v) is 5.71. The molecule has 0 bridgehead atoms. The van der Waals surface area contributed by atoms with Gasteiger partial charge in [0.25, 0.3) is 0 Å². The molecule has 1 unspecified atom stereocenters. The van der Waals surface area contributed by atoms with Gasteiger partial charge < -0.3 is 5.32 Å². The standard InChI is InChI=1S/C21H15N3/c22-14-15-6-4-9-17(12-15)18-10-5-11-19(13-18)21-23-20(24-21)16-7-2-1-3-8-16/h1-13,21H,(H,23,24). The zero-order valence-electron chi connectivity index (χ0n) is 13.0. The van der Waals surface area contributed by atoms with E-state index in [-0.39, 0.29) is 6.17 Å². The number of amidine groups is 1. The van der Waals surface area contributed by atoms with E-state index >= 15 is 0 Å². The Kier molecular flexibility index (Phi) is 3.57. The van der Waals surface area contributed by atoms with Crippen LogP contribution in [0.3, 0.4) is 0 Å². The molecule has 114 valence electrons. The van der Waals surface area contributed by atoms with E-state index in [9.17, 15) is 0 Å². The number of aliphatic imine (C=N–C) groups is 1. The molecular formula is C21H15N3. The van der Waals surface area contributed by atoms with E-state index in [4.69, 9.17) is 5.26 Å². The van der Waals surface area contributed by atoms with Gasteiger partial charge in [0.2, 0.25) is 0 Å². The second-order valence-electron chi connectivity index (χ2n) is 5.71. The van der Waals surface area contributed by atoms with Crippen LogP contribution in [0.5, 0.6) is 0 Å². The van der Waals surface area contributed by atoms with Gasteiger partial charge in [-0.1, -0.05) is 60.7 Å². The fraction of sp³-hybridized carbons (Fsp3) is 0.0476. The maximum absolute atomic E-state index is 9.06. The molecular weight excluding hydrogens is 294 g/mol. The molecule has 1 heterocycles. The lowest BCUT2D eigenvalue weighted by molar-refractivity contribution is 0.616. The van der Waals surface area contributed by atoms with E-state index in [1.807, 2.05) is 60.7 Å². The van der Waals surface area contributed by atoms with Gasteiger partial charge in [0.1, 0.15) is 12.0 Å². The van der Waals surface area contributed by atoms with Crippen LogP contribution in [0.15, 0.2) is 83.9 Å². The molecule has 1 N–H and O–H groups in total. The minimum absolute atomic E-state index is 0.0145. The molecule has 1 aliphatic rings. The summed E-state index contributed by atoms with van der Waals surface area (Å²) in [7, 11) is 0. The fourth-order valence-electron chi connectivity index (χ4n) is 2.83. The van der Waals surface area contributed by atoms with Crippen LogP contribution >= 0.6 is 0 Å². The molecule has 3 heteroatoms. The Hall–Kier alpha value is -3.38. The van der Waals surface area contributed by atoms with Crippen molar-refractivity contribution in [3.8, 4) is 17.2 Å². The highest BCUT2D eigenvalue weighted by molar-refractivity contribution is 6.02. The topological polar surface area (TPSA) is 48.2 Å². The largest absolute Gasteiger partial charge is 0.344 e. The first-order chi connectivity index (χ1) is 11.8. The predicted molar refractivity (Wildman–Crippen MR) is 95.4 cm³/mol. The van der Waals surface area contributed by atoms with Crippen molar-refractivity contribution in [3.63, 3.8) is 0 Å². The molecule has 4 rings (SSSR count). The molecule has 0 amide bonds. The first-order valence-electron chi connectivity index (χ1n) is 7.84. The molecule has 0 saturated heterocycles. The van der Waals surface area contributed by atoms with Crippen LogP contribution in [-0.4, -0.2) is 5.84 Å². The second kappa shape index (κ2) is 6.02. The van der Waals surface area contributed by atoms with E-state index in [2.05, 4.69) is 34.6 Å². The van der Waals surface area contributed by atoms with Crippen molar-refractivity contribution in [2.75, 3.05) is 0 Å². The monoisotopic (exact) mass is 309 g/mol. The molecule has 0 radical (unpaired) electrons. The third-order valence-electron chi connectivity index (χ3n) is 4.11. The van der Waals surface area contributed by atoms with Crippen molar-refractivity contribution in [1.29, 1.82) is 5.26 Å². The summed E-state index contributed by atoms with van der Waals surface area (Å²) < 4.78 is 0. The maximum Gasteiger partial charge on any atom is 0.148 e. The number of benzene rings is 3. The smallest absolute Gasteiger partial charge is 0.148 e. The summed E-state index contributed by atoms with van der Waals surface area (Å²) in [4.78, 5) is 4.68. The van der Waals surface area contributed by atoms with Crippen LogP contribution in [-0.2, 0) is 0 Å². The van der Waals surface area contributed by atoms with Crippen LogP contribution in [0, 0.1) is 11.3 Å². The summed E-state index contributed by atoms with van der Waals surface area (Å²) in [6.07, 6.45) is -0.0145. The highest BCUT2D eigenvalue weighted by Gasteiger charge is 2.22. The first kappa shape index (κ1) is 14.2. The third kappa shape index (κ3) is 2.66. The molecule has 0 aromatic heterocycles. The third-order valence-corrected chi connectivity index (χ3v) is 4.11. The molecule has 1 atom stereocenters. The van der Waals surface area contributed by atoms with E-state index in [1.165, 1.54) is 0 Å². The maximum atomic E-state index is 9.06. The van der Waals surface area contributed by atoms with Gasteiger partial charge in [-0.25, -0.2) is 4.99 Å². The molecule has 0 fully saturated rings. The van der Waals surface area contributed by atoms with Crippen LogP contribution in [0.25, 0.3) is 11.1 Å². The molecule has 1 aliphatic heterocycles. The Balaban J connectivity index is 1.61. The highest BCUT2D eigenvalue weighted by Crippen LogP contribution is 2.28. The number of nitrogens with zero attached hydrogens (tertiary/aromatic N) is 2. The first-order valence-corrected chi connectivity index (χ1v) is 7.84. The average molecular weight is 309 g/mol. The Morgan fingerprint density at radius 1 is 0.792 bits per heavy atom. The molecule has 0 spiro atoms. The fourth-order valence-corrected chi connectivity index (χ4v) is 2.83. The van der Waals surface area contributed by atoms with Crippen molar-refractivity contribution in [2.45, 2.75) is 6.17 Å². The van der Waals surface area contributed by atoms with E-state index in [0.717, 1.165) is 28.1 Å². The minimum atomic E-state index is -0.0145. The van der Waals surface area contributed by atoms with E-state index < -0.39 is 0 Å². The normalized spacial score (nSPS) is 15.6. The van der Waals surface area contributed by atoms with Gasteiger partial charge in [0.15, 0.2) is 0 Å². The van der Waals surface area contributed by atoms with Gasteiger partial charge in [-0.3, -0.25) is 0 Å². The zero-order valence-corrected chi connectivity index (χ0v) is 13.0. The average Bonchev–Trinajstić information content (AvgIpc) is 2.62. The van der Waals surface area contributed by atoms with Crippen LogP contribution in [0.4, 0.5) is 0 Å². The lowest BCUT2D eigenvalue weighted by Crippen LogP contribution is -2.38. The summed E-state index contributed by atoms with van der Waals surface area (Å²) in [5, 5.41) is 12.5. The molecule has 3 aromatic rings. The van der Waals surface area contributed by atoms with E-state index in [1.54, 1.807) is 0 Å². The van der Waals surface area contributed by atoms with Crippen LogP contribution in [0.2, 0.25) is 0 Å². The molecule has 0 saturated carbocycles. The number of nitriles is 1. The van der Waals surface area contributed by atoms with Gasteiger partial charge in [-0.05, 0) is 34.9 Å². The van der Waals surface area contributed by atoms with E-state index in [0.29, 0.717) is 5.56 Å². The molecule has 24 heavy (non-hydrogen) atoms. The summed E-state index contributed by atoms with van der Waals surface area (Å²) in [6.45, 7) is 0. The Bertz CT molecular complexity index is 952. The van der Waals surface area contributed by atoms with Crippen molar-refractivity contribution >= 4 is 5.84 Å². The Morgan fingerprint density at radius 3 is 2.21 bits per heavy atom. The summed E-state index contributed by atoms with van der Waals surface area (Å²) in [6, 6.07) is 28.2. The minimum Gasteiger partial charge on any atom is -0.344 e.